The van der Waals surface area contributed by atoms with Crippen molar-refractivity contribution < 1.29 is 8.42 Å². The van der Waals surface area contributed by atoms with E-state index in [1.807, 2.05) is 27.7 Å². The van der Waals surface area contributed by atoms with Gasteiger partial charge in [0, 0.05) is 24.0 Å². The molecule has 120 valence electrons. The first-order chi connectivity index (χ1) is 9.68. The molecule has 0 radical (unpaired) electrons. The molecule has 0 aliphatic rings. The Hall–Kier alpha value is -0.290. The van der Waals surface area contributed by atoms with E-state index in [1.165, 1.54) is 0 Å². The zero-order valence-electron chi connectivity index (χ0n) is 12.9. The molecule has 0 amide bonds. The molecule has 0 spiro atoms. The highest BCUT2D eigenvalue weighted by Crippen LogP contribution is 2.25. The first kappa shape index (κ1) is 18.8. The minimum atomic E-state index is -3.52. The molecule has 0 saturated carbocycles. The lowest BCUT2D eigenvalue weighted by atomic mass is 10.2. The number of nitrogens with zero attached hydrogens (tertiary/aromatic N) is 1. The van der Waals surface area contributed by atoms with E-state index in [0.29, 0.717) is 23.7 Å². The second kappa shape index (κ2) is 7.82. The predicted molar refractivity (Wildman–Crippen MR) is 89.4 cm³/mol. The van der Waals surface area contributed by atoms with Crippen molar-refractivity contribution in [2.75, 3.05) is 13.1 Å². The molecule has 0 atom stereocenters. The van der Waals surface area contributed by atoms with Crippen molar-refractivity contribution in [2.24, 2.45) is 11.8 Å². The van der Waals surface area contributed by atoms with Crippen LogP contribution in [0.2, 0.25) is 5.02 Å². The normalized spacial score (nSPS) is 12.6. The van der Waals surface area contributed by atoms with Gasteiger partial charge in [-0.2, -0.15) is 4.31 Å². The first-order valence-corrected chi connectivity index (χ1v) is 9.38. The van der Waals surface area contributed by atoms with Crippen molar-refractivity contribution in [3.05, 3.63) is 28.8 Å². The number of benzene rings is 1. The maximum absolute atomic E-state index is 12.8. The Balaban J connectivity index is 3.21. The average Bonchev–Trinajstić information content (AvgIpc) is 2.37. The van der Waals surface area contributed by atoms with E-state index in [2.05, 4.69) is 0 Å². The average molecular weight is 352 g/mol. The van der Waals surface area contributed by atoms with Gasteiger partial charge in [-0.25, -0.2) is 8.42 Å². The van der Waals surface area contributed by atoms with Crippen LogP contribution in [0, 0.1) is 11.8 Å². The van der Waals surface area contributed by atoms with Gasteiger partial charge < -0.3 is 0 Å². The van der Waals surface area contributed by atoms with Crippen molar-refractivity contribution in [3.63, 3.8) is 0 Å². The maximum atomic E-state index is 12.8. The number of hydrogen-bond acceptors (Lipinski definition) is 2. The van der Waals surface area contributed by atoms with Gasteiger partial charge in [0.2, 0.25) is 10.0 Å². The fraction of sp³-hybridized carbons (Fsp3) is 0.600. The summed E-state index contributed by atoms with van der Waals surface area (Å²) in [7, 11) is -3.52. The molecule has 0 fully saturated rings. The third-order valence-corrected chi connectivity index (χ3v) is 5.42. The van der Waals surface area contributed by atoms with Crippen LogP contribution in [0.15, 0.2) is 23.1 Å². The molecule has 1 aromatic carbocycles. The van der Waals surface area contributed by atoms with Crippen molar-refractivity contribution in [1.29, 1.82) is 0 Å². The van der Waals surface area contributed by atoms with Gasteiger partial charge in [-0.1, -0.05) is 39.3 Å². The van der Waals surface area contributed by atoms with E-state index in [4.69, 9.17) is 23.2 Å². The van der Waals surface area contributed by atoms with E-state index in [-0.39, 0.29) is 22.6 Å². The molecule has 0 bridgehead atoms. The third-order valence-electron chi connectivity index (χ3n) is 2.94. The summed E-state index contributed by atoms with van der Waals surface area (Å²) in [5.74, 6) is 0.716. The molecular weight excluding hydrogens is 329 g/mol. The number of halogens is 2. The quantitative estimate of drug-likeness (QED) is 0.683. The first-order valence-electron chi connectivity index (χ1n) is 7.03. The molecule has 0 aromatic heterocycles. The van der Waals surface area contributed by atoms with Gasteiger partial charge in [0.1, 0.15) is 0 Å². The molecule has 21 heavy (non-hydrogen) atoms. The molecule has 6 heteroatoms. The SMILES string of the molecule is CC(C)CN(CC(C)C)S(=O)(=O)c1ccc(Cl)c(CCl)c1. The number of rotatable bonds is 7. The van der Waals surface area contributed by atoms with Gasteiger partial charge in [0.15, 0.2) is 0 Å². The monoisotopic (exact) mass is 351 g/mol. The zero-order chi connectivity index (χ0) is 16.2. The molecule has 1 aromatic rings. The summed E-state index contributed by atoms with van der Waals surface area (Å²) < 4.78 is 27.2. The van der Waals surface area contributed by atoms with E-state index in [9.17, 15) is 8.42 Å². The van der Waals surface area contributed by atoms with Crippen LogP contribution in [0.25, 0.3) is 0 Å². The maximum Gasteiger partial charge on any atom is 0.243 e. The summed E-state index contributed by atoms with van der Waals surface area (Å²) in [4.78, 5) is 0.254. The number of alkyl halides is 1. The second-order valence-electron chi connectivity index (χ2n) is 6.00. The van der Waals surface area contributed by atoms with Crippen LogP contribution in [0.1, 0.15) is 33.3 Å². The van der Waals surface area contributed by atoms with Crippen molar-refractivity contribution in [2.45, 2.75) is 38.5 Å². The summed E-state index contributed by atoms with van der Waals surface area (Å²) >= 11 is 11.8. The summed E-state index contributed by atoms with van der Waals surface area (Å²) in [6.07, 6.45) is 0. The second-order valence-corrected chi connectivity index (χ2v) is 8.61. The van der Waals surface area contributed by atoms with Crippen molar-refractivity contribution in [1.82, 2.24) is 4.31 Å². The van der Waals surface area contributed by atoms with Gasteiger partial charge in [0.05, 0.1) is 4.90 Å². The number of hydrogen-bond donors (Lipinski definition) is 0. The lowest BCUT2D eigenvalue weighted by Crippen LogP contribution is -2.37. The molecule has 1 rings (SSSR count). The van der Waals surface area contributed by atoms with Crippen molar-refractivity contribution >= 4 is 33.2 Å². The summed E-state index contributed by atoms with van der Waals surface area (Å²) in [6, 6.07) is 4.70. The lowest BCUT2D eigenvalue weighted by Gasteiger charge is -2.26. The Morgan fingerprint density at radius 3 is 2.05 bits per heavy atom. The van der Waals surface area contributed by atoms with Gasteiger partial charge in [-0.05, 0) is 35.6 Å². The van der Waals surface area contributed by atoms with Gasteiger partial charge in [0.25, 0.3) is 0 Å². The Labute approximate surface area is 138 Å². The van der Waals surface area contributed by atoms with Crippen LogP contribution in [0.3, 0.4) is 0 Å². The third kappa shape index (κ3) is 5.13. The summed E-state index contributed by atoms with van der Waals surface area (Å²) in [5, 5.41) is 0.489. The largest absolute Gasteiger partial charge is 0.243 e. The predicted octanol–water partition coefficient (Wildman–Crippen LogP) is 4.38. The zero-order valence-corrected chi connectivity index (χ0v) is 15.3. The molecule has 3 nitrogen and oxygen atoms in total. The highest BCUT2D eigenvalue weighted by molar-refractivity contribution is 7.89. The Bertz CT molecular complexity index is 561. The van der Waals surface area contributed by atoms with Gasteiger partial charge >= 0.3 is 0 Å². The molecular formula is C15H23Cl2NO2S. The highest BCUT2D eigenvalue weighted by atomic mass is 35.5. The molecule has 0 saturated heterocycles. The van der Waals surface area contributed by atoms with Gasteiger partial charge in [-0.15, -0.1) is 11.6 Å². The van der Waals surface area contributed by atoms with Crippen LogP contribution in [-0.4, -0.2) is 25.8 Å². The van der Waals surface area contributed by atoms with Gasteiger partial charge in [-0.3, -0.25) is 0 Å². The van der Waals surface area contributed by atoms with Crippen LogP contribution >= 0.6 is 23.2 Å². The van der Waals surface area contributed by atoms with E-state index in [0.717, 1.165) is 0 Å². The molecule has 0 aliphatic heterocycles. The summed E-state index contributed by atoms with van der Waals surface area (Å²) in [5.41, 5.74) is 0.633. The summed E-state index contributed by atoms with van der Waals surface area (Å²) in [6.45, 7) is 9.03. The lowest BCUT2D eigenvalue weighted by molar-refractivity contribution is 0.333. The topological polar surface area (TPSA) is 37.4 Å². The minimum Gasteiger partial charge on any atom is -0.207 e. The number of sulfonamides is 1. The van der Waals surface area contributed by atoms with Crippen molar-refractivity contribution in [3.8, 4) is 0 Å². The standard InChI is InChI=1S/C15H23Cl2NO2S/c1-11(2)9-18(10-12(3)4)21(19,20)14-5-6-15(17)13(7-14)8-16/h5-7,11-12H,8-10H2,1-4H3. The van der Waals surface area contributed by atoms with E-state index in [1.54, 1.807) is 22.5 Å². The smallest absolute Gasteiger partial charge is 0.207 e. The van der Waals surface area contributed by atoms with Crippen LogP contribution in [0.5, 0.6) is 0 Å². The Morgan fingerprint density at radius 1 is 1.10 bits per heavy atom. The van der Waals surface area contributed by atoms with E-state index < -0.39 is 10.0 Å². The van der Waals surface area contributed by atoms with Crippen LogP contribution < -0.4 is 0 Å². The molecule has 0 aliphatic carbocycles. The Morgan fingerprint density at radius 2 is 1.62 bits per heavy atom. The minimum absolute atomic E-state index is 0.191. The Kier molecular flexibility index (Phi) is 6.98. The van der Waals surface area contributed by atoms with Crippen LogP contribution in [0.4, 0.5) is 0 Å². The highest BCUT2D eigenvalue weighted by Gasteiger charge is 2.26. The van der Waals surface area contributed by atoms with Crippen LogP contribution in [-0.2, 0) is 15.9 Å². The van der Waals surface area contributed by atoms with E-state index >= 15 is 0 Å². The molecule has 0 unspecified atom stereocenters. The fourth-order valence-corrected chi connectivity index (χ4v) is 4.34. The molecule has 0 N–H and O–H groups in total. The fourth-order valence-electron chi connectivity index (χ4n) is 2.05. The molecule has 0 heterocycles.